The van der Waals surface area contributed by atoms with Crippen LogP contribution in [0, 0.1) is 0 Å². The zero-order chi connectivity index (χ0) is 26.4. The van der Waals surface area contributed by atoms with Gasteiger partial charge in [-0.05, 0) is 44.3 Å². The Balaban J connectivity index is 1.76. The Kier molecular flexibility index (Phi) is 8.25. The van der Waals surface area contributed by atoms with Crippen molar-refractivity contribution in [1.29, 1.82) is 0 Å². The van der Waals surface area contributed by atoms with E-state index in [2.05, 4.69) is 0 Å². The molecule has 3 aromatic carbocycles. The number of benzene rings is 3. The van der Waals surface area contributed by atoms with Crippen molar-refractivity contribution in [3.63, 3.8) is 0 Å². The molecule has 1 amide bonds. The minimum absolute atomic E-state index is 0.0651. The van der Waals surface area contributed by atoms with Gasteiger partial charge in [0.05, 0.1) is 18.2 Å². The summed E-state index contributed by atoms with van der Waals surface area (Å²) in [6, 6.07) is 23.3. The van der Waals surface area contributed by atoms with Crippen molar-refractivity contribution >= 4 is 17.4 Å². The SMILES string of the molecule is CCOc1cc(C2C(=C(O)c3ccccc3)C(=O)C(=O)N2CCN(C)C)ccc1OCc1ccccc1. The quantitative estimate of drug-likeness (QED) is 0.248. The van der Waals surface area contributed by atoms with E-state index in [0.29, 0.717) is 48.9 Å². The van der Waals surface area contributed by atoms with Gasteiger partial charge in [-0.15, -0.1) is 0 Å². The minimum Gasteiger partial charge on any atom is -0.507 e. The van der Waals surface area contributed by atoms with Gasteiger partial charge in [0, 0.05) is 18.7 Å². The number of ether oxygens (including phenoxy) is 2. The van der Waals surface area contributed by atoms with Gasteiger partial charge in [-0.1, -0.05) is 66.7 Å². The summed E-state index contributed by atoms with van der Waals surface area (Å²) in [5.74, 6) is -0.463. The normalized spacial score (nSPS) is 16.9. The molecule has 3 aromatic rings. The van der Waals surface area contributed by atoms with Gasteiger partial charge in [0.1, 0.15) is 12.4 Å². The zero-order valence-electron chi connectivity index (χ0n) is 21.4. The van der Waals surface area contributed by atoms with E-state index in [1.165, 1.54) is 4.90 Å². The number of nitrogens with zero attached hydrogens (tertiary/aromatic N) is 2. The number of amides is 1. The molecule has 1 heterocycles. The summed E-state index contributed by atoms with van der Waals surface area (Å²) in [6.07, 6.45) is 0. The fourth-order valence-corrected chi connectivity index (χ4v) is 4.33. The maximum atomic E-state index is 13.2. The van der Waals surface area contributed by atoms with Gasteiger partial charge in [0.25, 0.3) is 11.7 Å². The smallest absolute Gasteiger partial charge is 0.295 e. The molecule has 7 heteroatoms. The number of Topliss-reactive ketones (excluding diaryl/α,β-unsaturated/α-hetero) is 1. The average molecular weight is 501 g/mol. The molecule has 0 aliphatic carbocycles. The Morgan fingerprint density at radius 1 is 0.919 bits per heavy atom. The Morgan fingerprint density at radius 3 is 2.24 bits per heavy atom. The largest absolute Gasteiger partial charge is 0.507 e. The molecule has 0 bridgehead atoms. The maximum Gasteiger partial charge on any atom is 0.295 e. The van der Waals surface area contributed by atoms with Gasteiger partial charge in [-0.2, -0.15) is 0 Å². The van der Waals surface area contributed by atoms with Crippen LogP contribution in [0.15, 0.2) is 84.4 Å². The fraction of sp³-hybridized carbons (Fsp3) is 0.267. The maximum absolute atomic E-state index is 13.2. The van der Waals surface area contributed by atoms with E-state index in [-0.39, 0.29) is 11.3 Å². The number of rotatable bonds is 10. The summed E-state index contributed by atoms with van der Waals surface area (Å²) in [7, 11) is 3.81. The molecule has 0 spiro atoms. The summed E-state index contributed by atoms with van der Waals surface area (Å²) in [5, 5.41) is 11.2. The second-order valence-electron chi connectivity index (χ2n) is 9.08. The Labute approximate surface area is 217 Å². The van der Waals surface area contributed by atoms with Crippen molar-refractivity contribution in [2.24, 2.45) is 0 Å². The Morgan fingerprint density at radius 2 is 1.59 bits per heavy atom. The van der Waals surface area contributed by atoms with Crippen LogP contribution in [0.1, 0.15) is 29.7 Å². The highest BCUT2D eigenvalue weighted by atomic mass is 16.5. The van der Waals surface area contributed by atoms with E-state index in [1.54, 1.807) is 36.4 Å². The first-order valence-electron chi connectivity index (χ1n) is 12.3. The number of hydrogen-bond acceptors (Lipinski definition) is 6. The lowest BCUT2D eigenvalue weighted by Crippen LogP contribution is -2.35. The highest BCUT2D eigenvalue weighted by molar-refractivity contribution is 6.46. The third-order valence-corrected chi connectivity index (χ3v) is 6.20. The van der Waals surface area contributed by atoms with E-state index >= 15 is 0 Å². The van der Waals surface area contributed by atoms with Crippen LogP contribution in [-0.2, 0) is 16.2 Å². The molecule has 37 heavy (non-hydrogen) atoms. The Hall–Kier alpha value is -4.10. The second-order valence-corrected chi connectivity index (χ2v) is 9.08. The molecule has 7 nitrogen and oxygen atoms in total. The number of aliphatic hydroxyl groups excluding tert-OH is 1. The summed E-state index contributed by atoms with van der Waals surface area (Å²) in [5.41, 5.74) is 2.22. The molecular weight excluding hydrogens is 468 g/mol. The predicted molar refractivity (Wildman–Crippen MR) is 142 cm³/mol. The molecule has 0 aromatic heterocycles. The molecule has 192 valence electrons. The molecule has 1 N–H and O–H groups in total. The number of ketones is 1. The van der Waals surface area contributed by atoms with Crippen LogP contribution in [0.25, 0.3) is 5.76 Å². The molecule has 4 rings (SSSR count). The highest BCUT2D eigenvalue weighted by Gasteiger charge is 2.46. The topological polar surface area (TPSA) is 79.3 Å². The van der Waals surface area contributed by atoms with Gasteiger partial charge in [0.15, 0.2) is 11.5 Å². The van der Waals surface area contributed by atoms with E-state index < -0.39 is 17.7 Å². The molecule has 1 fully saturated rings. The van der Waals surface area contributed by atoms with Gasteiger partial charge in [-0.25, -0.2) is 0 Å². The van der Waals surface area contributed by atoms with Gasteiger partial charge in [0.2, 0.25) is 0 Å². The van der Waals surface area contributed by atoms with Crippen LogP contribution in [-0.4, -0.2) is 60.4 Å². The fourth-order valence-electron chi connectivity index (χ4n) is 4.33. The zero-order valence-corrected chi connectivity index (χ0v) is 21.4. The molecule has 1 unspecified atom stereocenters. The van der Waals surface area contributed by atoms with Crippen LogP contribution in [0.3, 0.4) is 0 Å². The van der Waals surface area contributed by atoms with Crippen molar-refractivity contribution in [2.45, 2.75) is 19.6 Å². The first-order chi connectivity index (χ1) is 17.9. The molecule has 1 aliphatic heterocycles. The molecule has 1 atom stereocenters. The van der Waals surface area contributed by atoms with E-state index in [9.17, 15) is 14.7 Å². The summed E-state index contributed by atoms with van der Waals surface area (Å²) < 4.78 is 11.9. The lowest BCUT2D eigenvalue weighted by Gasteiger charge is -2.27. The summed E-state index contributed by atoms with van der Waals surface area (Å²) in [6.45, 7) is 3.55. The lowest BCUT2D eigenvalue weighted by molar-refractivity contribution is -0.140. The number of carbonyl (C=O) groups excluding carboxylic acids is 2. The summed E-state index contributed by atoms with van der Waals surface area (Å²) in [4.78, 5) is 29.8. The van der Waals surface area contributed by atoms with Crippen LogP contribution >= 0.6 is 0 Å². The minimum atomic E-state index is -0.762. The van der Waals surface area contributed by atoms with Crippen molar-refractivity contribution in [3.05, 3.63) is 101 Å². The van der Waals surface area contributed by atoms with Crippen molar-refractivity contribution in [3.8, 4) is 11.5 Å². The van der Waals surface area contributed by atoms with E-state index in [1.807, 2.05) is 68.4 Å². The highest BCUT2D eigenvalue weighted by Crippen LogP contribution is 2.42. The van der Waals surface area contributed by atoms with Crippen molar-refractivity contribution < 1.29 is 24.2 Å². The van der Waals surface area contributed by atoms with Gasteiger partial charge in [-0.3, -0.25) is 9.59 Å². The number of hydrogen-bond donors (Lipinski definition) is 1. The second kappa shape index (κ2) is 11.8. The molecule has 1 saturated heterocycles. The summed E-state index contributed by atoms with van der Waals surface area (Å²) >= 11 is 0. The number of likely N-dealkylation sites (tertiary alicyclic amines) is 1. The standard InChI is InChI=1S/C30H32N2O5/c1-4-36-25-19-23(15-16-24(25)37-20-21-11-7-5-8-12-21)27-26(28(33)22-13-9-6-10-14-22)29(34)30(35)32(27)18-17-31(2)3/h5-16,19,27,33H,4,17-18,20H2,1-3H3. The van der Waals surface area contributed by atoms with Gasteiger partial charge < -0.3 is 24.4 Å². The average Bonchev–Trinajstić information content (AvgIpc) is 3.17. The monoisotopic (exact) mass is 500 g/mol. The van der Waals surface area contributed by atoms with Crippen LogP contribution in [0.4, 0.5) is 0 Å². The van der Waals surface area contributed by atoms with Crippen LogP contribution in [0.2, 0.25) is 0 Å². The Bertz CT molecular complexity index is 1270. The van der Waals surface area contributed by atoms with Crippen molar-refractivity contribution in [1.82, 2.24) is 9.80 Å². The number of carbonyl (C=O) groups is 2. The lowest BCUT2D eigenvalue weighted by atomic mass is 9.95. The third-order valence-electron chi connectivity index (χ3n) is 6.20. The molecule has 0 radical (unpaired) electrons. The van der Waals surface area contributed by atoms with Gasteiger partial charge >= 0.3 is 0 Å². The van der Waals surface area contributed by atoms with E-state index in [0.717, 1.165) is 5.56 Å². The molecule has 0 saturated carbocycles. The first kappa shape index (κ1) is 26.0. The molecular formula is C30H32N2O5. The van der Waals surface area contributed by atoms with Crippen LogP contribution < -0.4 is 9.47 Å². The number of aliphatic hydroxyl groups is 1. The first-order valence-corrected chi connectivity index (χ1v) is 12.3. The number of likely N-dealkylation sites (N-methyl/N-ethyl adjacent to an activating group) is 1. The predicted octanol–water partition coefficient (Wildman–Crippen LogP) is 4.65. The van der Waals surface area contributed by atoms with E-state index in [4.69, 9.17) is 9.47 Å². The molecule has 1 aliphatic rings. The van der Waals surface area contributed by atoms with Crippen molar-refractivity contribution in [2.75, 3.05) is 33.8 Å². The third kappa shape index (κ3) is 5.84. The van der Waals surface area contributed by atoms with Crippen LogP contribution in [0.5, 0.6) is 11.5 Å².